The predicted molar refractivity (Wildman–Crippen MR) is 139 cm³/mol. The Balaban J connectivity index is 1.32. The van der Waals surface area contributed by atoms with Gasteiger partial charge in [0.05, 0.1) is 5.69 Å². The average molecular weight is 453 g/mol. The van der Waals surface area contributed by atoms with Crippen molar-refractivity contribution in [3.05, 3.63) is 107 Å². The maximum atomic E-state index is 12.2. The molecule has 3 aromatic carbocycles. The predicted octanol–water partition coefficient (Wildman–Crippen LogP) is 7.10. The van der Waals surface area contributed by atoms with Gasteiger partial charge in [-0.2, -0.15) is 0 Å². The molecule has 0 bridgehead atoms. The third-order valence-corrected chi connectivity index (χ3v) is 6.34. The Hall–Kier alpha value is -3.50. The Labute approximate surface area is 199 Å². The number of nitrogens with one attached hydrogen (secondary N) is 1. The highest BCUT2D eigenvalue weighted by Gasteiger charge is 2.12. The van der Waals surface area contributed by atoms with Crippen molar-refractivity contribution in [3.63, 3.8) is 0 Å². The lowest BCUT2D eigenvalue weighted by Gasteiger charge is -2.18. The van der Waals surface area contributed by atoms with Crippen LogP contribution in [0.4, 0.5) is 0 Å². The minimum Gasteiger partial charge on any atom is -0.348 e. The van der Waals surface area contributed by atoms with Crippen LogP contribution in [-0.4, -0.2) is 10.9 Å². The van der Waals surface area contributed by atoms with E-state index in [9.17, 15) is 4.79 Å². The van der Waals surface area contributed by atoms with Crippen LogP contribution in [0, 0.1) is 0 Å². The molecule has 166 valence electrons. The molecule has 1 heterocycles. The molecule has 0 saturated carbocycles. The van der Waals surface area contributed by atoms with Crippen molar-refractivity contribution in [1.29, 1.82) is 0 Å². The maximum absolute atomic E-state index is 12.2. The van der Waals surface area contributed by atoms with Gasteiger partial charge in [0.15, 0.2) is 0 Å². The van der Waals surface area contributed by atoms with Crippen molar-refractivity contribution in [3.8, 4) is 21.8 Å². The minimum absolute atomic E-state index is 0.105. The summed E-state index contributed by atoms with van der Waals surface area (Å²) in [5, 5.41) is 6.03. The van der Waals surface area contributed by atoms with Gasteiger partial charge in [0, 0.05) is 29.1 Å². The lowest BCUT2D eigenvalue weighted by atomic mass is 9.87. The van der Waals surface area contributed by atoms with E-state index in [1.807, 2.05) is 48.5 Å². The highest BCUT2D eigenvalue weighted by Crippen LogP contribution is 2.29. The number of amides is 1. The molecule has 0 atom stereocenters. The number of rotatable bonds is 6. The molecule has 4 rings (SSSR count). The zero-order valence-electron chi connectivity index (χ0n) is 19.2. The van der Waals surface area contributed by atoms with Crippen molar-refractivity contribution in [1.82, 2.24) is 10.3 Å². The van der Waals surface area contributed by atoms with Gasteiger partial charge in [-0.15, -0.1) is 11.3 Å². The quantitative estimate of drug-likeness (QED) is 0.317. The van der Waals surface area contributed by atoms with Crippen molar-refractivity contribution in [2.24, 2.45) is 0 Å². The van der Waals surface area contributed by atoms with Gasteiger partial charge in [0.1, 0.15) is 5.01 Å². The highest BCUT2D eigenvalue weighted by atomic mass is 32.1. The van der Waals surface area contributed by atoms with Crippen LogP contribution in [0.25, 0.3) is 27.9 Å². The topological polar surface area (TPSA) is 42.0 Å². The number of hydrogen-bond donors (Lipinski definition) is 1. The van der Waals surface area contributed by atoms with E-state index < -0.39 is 0 Å². The molecule has 1 aromatic heterocycles. The molecule has 1 N–H and O–H groups in total. The molecule has 1 amide bonds. The molecule has 0 saturated heterocycles. The first-order valence-corrected chi connectivity index (χ1v) is 11.9. The molecule has 0 fully saturated rings. The lowest BCUT2D eigenvalue weighted by molar-refractivity contribution is -0.116. The number of benzene rings is 3. The maximum Gasteiger partial charge on any atom is 0.244 e. The second-order valence-electron chi connectivity index (χ2n) is 9.02. The summed E-state index contributed by atoms with van der Waals surface area (Å²) in [6.45, 7) is 7.06. The van der Waals surface area contributed by atoms with Gasteiger partial charge >= 0.3 is 0 Å². The summed E-state index contributed by atoms with van der Waals surface area (Å²) in [4.78, 5) is 17.0. The highest BCUT2D eigenvalue weighted by molar-refractivity contribution is 7.13. The first-order valence-electron chi connectivity index (χ1n) is 11.1. The van der Waals surface area contributed by atoms with Crippen molar-refractivity contribution < 1.29 is 4.79 Å². The number of carbonyl (C=O) groups excluding carboxylic acids is 1. The molecule has 0 radical (unpaired) electrons. The zero-order chi connectivity index (χ0) is 23.3. The molecule has 0 aliphatic heterocycles. The van der Waals surface area contributed by atoms with E-state index in [1.54, 1.807) is 17.4 Å². The fourth-order valence-electron chi connectivity index (χ4n) is 3.43. The number of nitrogens with zero attached hydrogens (tertiary/aromatic N) is 1. The summed E-state index contributed by atoms with van der Waals surface area (Å²) in [6, 6.07) is 26.7. The van der Waals surface area contributed by atoms with E-state index in [1.165, 1.54) is 5.56 Å². The van der Waals surface area contributed by atoms with Crippen LogP contribution in [0.1, 0.15) is 37.5 Å². The second kappa shape index (κ2) is 9.97. The van der Waals surface area contributed by atoms with Crippen LogP contribution in [0.5, 0.6) is 0 Å². The summed E-state index contributed by atoms with van der Waals surface area (Å²) in [5.41, 5.74) is 6.66. The number of thiazole rings is 1. The van der Waals surface area contributed by atoms with E-state index in [0.717, 1.165) is 33.0 Å². The monoisotopic (exact) mass is 452 g/mol. The Morgan fingerprint density at radius 1 is 0.909 bits per heavy atom. The molecule has 3 nitrogen and oxygen atoms in total. The van der Waals surface area contributed by atoms with Gasteiger partial charge in [-0.05, 0) is 28.2 Å². The number of hydrogen-bond acceptors (Lipinski definition) is 3. The molecule has 33 heavy (non-hydrogen) atoms. The van der Waals surface area contributed by atoms with Crippen LogP contribution in [-0.2, 0) is 16.8 Å². The Morgan fingerprint density at radius 3 is 2.27 bits per heavy atom. The van der Waals surface area contributed by atoms with Crippen molar-refractivity contribution in [2.75, 3.05) is 0 Å². The van der Waals surface area contributed by atoms with E-state index in [4.69, 9.17) is 4.98 Å². The summed E-state index contributed by atoms with van der Waals surface area (Å²) >= 11 is 1.64. The molecule has 0 unspecified atom stereocenters. The standard InChI is InChI=1S/C29H28N2OS/c1-29(2,3)25-16-11-21(12-17-25)13-18-27(32)30-19-22-9-14-24(15-10-22)28-31-26(20-33-28)23-7-5-4-6-8-23/h4-18,20H,19H2,1-3H3,(H,30,32)/b18-13+. The van der Waals surface area contributed by atoms with Gasteiger partial charge < -0.3 is 5.32 Å². The van der Waals surface area contributed by atoms with Gasteiger partial charge in [-0.1, -0.05) is 99.6 Å². The lowest BCUT2D eigenvalue weighted by Crippen LogP contribution is -2.20. The fourth-order valence-corrected chi connectivity index (χ4v) is 4.26. The van der Waals surface area contributed by atoms with Crippen LogP contribution in [0.3, 0.4) is 0 Å². The number of carbonyl (C=O) groups is 1. The van der Waals surface area contributed by atoms with Crippen molar-refractivity contribution in [2.45, 2.75) is 32.7 Å². The molecule has 0 aliphatic carbocycles. The zero-order valence-corrected chi connectivity index (χ0v) is 20.0. The SMILES string of the molecule is CC(C)(C)c1ccc(/C=C/C(=O)NCc2ccc(-c3nc(-c4ccccc4)cs3)cc2)cc1. The minimum atomic E-state index is -0.105. The Kier molecular flexibility index (Phi) is 6.85. The molecule has 4 aromatic rings. The van der Waals surface area contributed by atoms with E-state index in [-0.39, 0.29) is 11.3 Å². The van der Waals surface area contributed by atoms with Crippen LogP contribution in [0.15, 0.2) is 90.3 Å². The van der Waals surface area contributed by atoms with Crippen molar-refractivity contribution >= 4 is 23.3 Å². The Morgan fingerprint density at radius 2 is 1.61 bits per heavy atom. The average Bonchev–Trinajstić information content (AvgIpc) is 3.32. The smallest absolute Gasteiger partial charge is 0.244 e. The largest absolute Gasteiger partial charge is 0.348 e. The first-order chi connectivity index (χ1) is 15.9. The van der Waals surface area contributed by atoms with Gasteiger partial charge in [0.2, 0.25) is 5.91 Å². The third kappa shape index (κ3) is 6.05. The van der Waals surface area contributed by atoms with Crippen LogP contribution < -0.4 is 5.32 Å². The molecular weight excluding hydrogens is 424 g/mol. The molecule has 0 spiro atoms. The summed E-state index contributed by atoms with van der Waals surface area (Å²) in [6.07, 6.45) is 3.43. The number of aromatic nitrogens is 1. The second-order valence-corrected chi connectivity index (χ2v) is 9.88. The van der Waals surface area contributed by atoms with Gasteiger partial charge in [-0.3, -0.25) is 4.79 Å². The van der Waals surface area contributed by atoms with Crippen LogP contribution >= 0.6 is 11.3 Å². The Bertz CT molecular complexity index is 1230. The fraction of sp³-hybridized carbons (Fsp3) is 0.172. The summed E-state index contributed by atoms with van der Waals surface area (Å²) < 4.78 is 0. The first kappa shape index (κ1) is 22.7. The van der Waals surface area contributed by atoms with E-state index in [0.29, 0.717) is 6.54 Å². The van der Waals surface area contributed by atoms with Gasteiger partial charge in [-0.25, -0.2) is 4.98 Å². The molecule has 0 aliphatic rings. The molecule has 4 heteroatoms. The van der Waals surface area contributed by atoms with Gasteiger partial charge in [0.25, 0.3) is 0 Å². The third-order valence-electron chi connectivity index (χ3n) is 5.45. The summed E-state index contributed by atoms with van der Waals surface area (Å²) in [5.74, 6) is -0.105. The van der Waals surface area contributed by atoms with E-state index >= 15 is 0 Å². The normalized spacial score (nSPS) is 11.6. The molecular formula is C29H28N2OS. The van der Waals surface area contributed by atoms with Crippen LogP contribution in [0.2, 0.25) is 0 Å². The summed E-state index contributed by atoms with van der Waals surface area (Å²) in [7, 11) is 0. The van der Waals surface area contributed by atoms with E-state index in [2.05, 4.69) is 67.9 Å².